The summed E-state index contributed by atoms with van der Waals surface area (Å²) in [6.45, 7) is 0.513. The van der Waals surface area contributed by atoms with E-state index in [1.165, 1.54) is 0 Å². The molecule has 6 heteroatoms. The maximum absolute atomic E-state index is 11.5. The van der Waals surface area contributed by atoms with Crippen molar-refractivity contribution in [1.82, 2.24) is 15.5 Å². The summed E-state index contributed by atoms with van der Waals surface area (Å²) >= 11 is 6.07. The highest BCUT2D eigenvalue weighted by atomic mass is 35.5. The van der Waals surface area contributed by atoms with Crippen molar-refractivity contribution in [2.75, 3.05) is 6.54 Å². The number of hydrogen-bond acceptors (Lipinski definition) is 4. The third-order valence-electron chi connectivity index (χ3n) is 3.16. The van der Waals surface area contributed by atoms with Gasteiger partial charge in [-0.1, -0.05) is 23.7 Å². The Hall–Kier alpha value is -1.88. The summed E-state index contributed by atoms with van der Waals surface area (Å²) in [4.78, 5) is 11.5. The summed E-state index contributed by atoms with van der Waals surface area (Å²) in [5.74, 6) is 1.24. The number of benzene rings is 1. The number of hydrogen-bond donors (Lipinski definition) is 1. The molecule has 1 amide bonds. The first-order chi connectivity index (χ1) is 9.74. The van der Waals surface area contributed by atoms with Crippen LogP contribution in [0, 0.1) is 5.92 Å². The summed E-state index contributed by atoms with van der Waals surface area (Å²) in [5.41, 5.74) is 0.718. The molecule has 2 aromatic rings. The van der Waals surface area contributed by atoms with E-state index in [0.717, 1.165) is 18.4 Å². The number of nitrogens with one attached hydrogen (secondary N) is 1. The van der Waals surface area contributed by atoms with Gasteiger partial charge in [0.15, 0.2) is 0 Å². The number of carbonyl (C=O) groups is 1. The molecule has 1 aromatic carbocycles. The van der Waals surface area contributed by atoms with Gasteiger partial charge in [0, 0.05) is 18.9 Å². The fourth-order valence-corrected chi connectivity index (χ4v) is 2.10. The molecule has 0 bridgehead atoms. The van der Waals surface area contributed by atoms with E-state index in [9.17, 15) is 4.79 Å². The number of nitrogens with zero attached hydrogens (tertiary/aromatic N) is 2. The van der Waals surface area contributed by atoms with E-state index in [4.69, 9.17) is 16.0 Å². The Kier molecular flexibility index (Phi) is 3.69. The first-order valence-corrected chi connectivity index (χ1v) is 6.97. The molecular formula is C14H14ClN3O2. The van der Waals surface area contributed by atoms with E-state index in [2.05, 4.69) is 15.5 Å². The first kappa shape index (κ1) is 13.1. The van der Waals surface area contributed by atoms with Crippen molar-refractivity contribution >= 4 is 17.5 Å². The minimum atomic E-state index is 0.121. The minimum absolute atomic E-state index is 0.121. The topological polar surface area (TPSA) is 68.0 Å². The van der Waals surface area contributed by atoms with Gasteiger partial charge in [0.2, 0.25) is 17.7 Å². The number of rotatable bonds is 5. The van der Waals surface area contributed by atoms with E-state index in [1.54, 1.807) is 6.07 Å². The van der Waals surface area contributed by atoms with Gasteiger partial charge in [-0.05, 0) is 25.0 Å². The lowest BCUT2D eigenvalue weighted by molar-refractivity contribution is -0.122. The zero-order chi connectivity index (χ0) is 13.9. The molecule has 1 aliphatic rings. The first-order valence-electron chi connectivity index (χ1n) is 6.59. The molecule has 0 aliphatic heterocycles. The van der Waals surface area contributed by atoms with Crippen LogP contribution in [0.3, 0.4) is 0 Å². The standard InChI is InChI=1S/C14H14ClN3O2/c15-11-4-2-1-3-10(11)14-18-17-12(20-14)7-8-16-13(19)9-5-6-9/h1-4,9H,5-8H2,(H,16,19). The van der Waals surface area contributed by atoms with Gasteiger partial charge in [-0.2, -0.15) is 0 Å². The molecule has 1 heterocycles. The van der Waals surface area contributed by atoms with Gasteiger partial charge in [-0.15, -0.1) is 10.2 Å². The predicted octanol–water partition coefficient (Wildman–Crippen LogP) is 2.46. The zero-order valence-electron chi connectivity index (χ0n) is 10.8. The molecule has 0 atom stereocenters. The van der Waals surface area contributed by atoms with Crippen LogP contribution in [0.25, 0.3) is 11.5 Å². The van der Waals surface area contributed by atoms with Crippen LogP contribution in [-0.4, -0.2) is 22.6 Å². The third kappa shape index (κ3) is 2.99. The van der Waals surface area contributed by atoms with Crippen molar-refractivity contribution in [3.63, 3.8) is 0 Å². The maximum atomic E-state index is 11.5. The molecule has 5 nitrogen and oxygen atoms in total. The van der Waals surface area contributed by atoms with Crippen molar-refractivity contribution in [2.45, 2.75) is 19.3 Å². The second kappa shape index (κ2) is 5.63. The van der Waals surface area contributed by atoms with Crippen LogP contribution in [0.2, 0.25) is 5.02 Å². The molecule has 0 spiro atoms. The lowest BCUT2D eigenvalue weighted by atomic mass is 10.2. The monoisotopic (exact) mass is 291 g/mol. The summed E-state index contributed by atoms with van der Waals surface area (Å²) in [6.07, 6.45) is 2.53. The average molecular weight is 292 g/mol. The van der Waals surface area contributed by atoms with Gasteiger partial charge in [0.05, 0.1) is 10.6 Å². The Morgan fingerprint density at radius 1 is 1.35 bits per heavy atom. The van der Waals surface area contributed by atoms with Crippen molar-refractivity contribution < 1.29 is 9.21 Å². The predicted molar refractivity (Wildman–Crippen MR) is 74.2 cm³/mol. The Morgan fingerprint density at radius 2 is 2.15 bits per heavy atom. The Balaban J connectivity index is 1.59. The Labute approximate surface area is 121 Å². The van der Waals surface area contributed by atoms with Gasteiger partial charge in [0.1, 0.15) is 0 Å². The summed E-state index contributed by atoms with van der Waals surface area (Å²) in [7, 11) is 0. The van der Waals surface area contributed by atoms with Crippen LogP contribution in [-0.2, 0) is 11.2 Å². The van der Waals surface area contributed by atoms with E-state index < -0.39 is 0 Å². The van der Waals surface area contributed by atoms with Gasteiger partial charge in [-0.3, -0.25) is 4.79 Å². The summed E-state index contributed by atoms with van der Waals surface area (Å²) < 4.78 is 5.55. The van der Waals surface area contributed by atoms with Crippen molar-refractivity contribution in [2.24, 2.45) is 5.92 Å². The Bertz CT molecular complexity index is 622. The molecule has 20 heavy (non-hydrogen) atoms. The van der Waals surface area contributed by atoms with Crippen molar-refractivity contribution in [3.05, 3.63) is 35.2 Å². The van der Waals surface area contributed by atoms with Crippen LogP contribution in [0.5, 0.6) is 0 Å². The van der Waals surface area contributed by atoms with Crippen molar-refractivity contribution in [1.29, 1.82) is 0 Å². The number of halogens is 1. The highest BCUT2D eigenvalue weighted by molar-refractivity contribution is 6.33. The normalized spacial score (nSPS) is 14.2. The summed E-state index contributed by atoms with van der Waals surface area (Å²) in [5, 5.41) is 11.4. The van der Waals surface area contributed by atoms with Gasteiger partial charge < -0.3 is 9.73 Å². The average Bonchev–Trinajstić information content (AvgIpc) is 3.20. The fourth-order valence-electron chi connectivity index (χ4n) is 1.88. The fraction of sp³-hybridized carbons (Fsp3) is 0.357. The molecule has 3 rings (SSSR count). The van der Waals surface area contributed by atoms with E-state index >= 15 is 0 Å². The van der Waals surface area contributed by atoms with Crippen LogP contribution in [0.15, 0.2) is 28.7 Å². The molecule has 1 saturated carbocycles. The van der Waals surface area contributed by atoms with E-state index in [1.807, 2.05) is 18.2 Å². The molecule has 0 unspecified atom stereocenters. The van der Waals surface area contributed by atoms with Gasteiger partial charge in [0.25, 0.3) is 0 Å². The molecule has 1 aliphatic carbocycles. The molecule has 0 radical (unpaired) electrons. The molecule has 1 aromatic heterocycles. The van der Waals surface area contributed by atoms with Gasteiger partial charge in [-0.25, -0.2) is 0 Å². The number of amides is 1. The number of carbonyl (C=O) groups excluding carboxylic acids is 1. The quantitative estimate of drug-likeness (QED) is 0.919. The SMILES string of the molecule is O=C(NCCc1nnc(-c2ccccc2Cl)o1)C1CC1. The van der Waals surface area contributed by atoms with Gasteiger partial charge >= 0.3 is 0 Å². The maximum Gasteiger partial charge on any atom is 0.249 e. The second-order valence-electron chi connectivity index (χ2n) is 4.80. The molecule has 104 valence electrons. The zero-order valence-corrected chi connectivity index (χ0v) is 11.6. The van der Waals surface area contributed by atoms with Crippen LogP contribution >= 0.6 is 11.6 Å². The van der Waals surface area contributed by atoms with Crippen molar-refractivity contribution in [3.8, 4) is 11.5 Å². The second-order valence-corrected chi connectivity index (χ2v) is 5.20. The molecule has 1 N–H and O–H groups in total. The largest absolute Gasteiger partial charge is 0.421 e. The number of aromatic nitrogens is 2. The smallest absolute Gasteiger partial charge is 0.249 e. The highest BCUT2D eigenvalue weighted by Crippen LogP contribution is 2.28. The molecular weight excluding hydrogens is 278 g/mol. The van der Waals surface area contributed by atoms with E-state index in [-0.39, 0.29) is 11.8 Å². The van der Waals surface area contributed by atoms with E-state index in [0.29, 0.717) is 29.8 Å². The minimum Gasteiger partial charge on any atom is -0.421 e. The Morgan fingerprint density at radius 3 is 2.90 bits per heavy atom. The molecule has 1 fully saturated rings. The third-order valence-corrected chi connectivity index (χ3v) is 3.49. The van der Waals surface area contributed by atoms with Crippen LogP contribution in [0.4, 0.5) is 0 Å². The lowest BCUT2D eigenvalue weighted by Crippen LogP contribution is -2.26. The lowest BCUT2D eigenvalue weighted by Gasteiger charge is -2.00. The van der Waals surface area contributed by atoms with Crippen LogP contribution in [0.1, 0.15) is 18.7 Å². The molecule has 0 saturated heterocycles. The van der Waals surface area contributed by atoms with Crippen LogP contribution < -0.4 is 5.32 Å². The summed E-state index contributed by atoms with van der Waals surface area (Å²) in [6, 6.07) is 7.31. The highest BCUT2D eigenvalue weighted by Gasteiger charge is 2.29.